The predicted octanol–water partition coefficient (Wildman–Crippen LogP) is 2.18. The molecule has 7 nitrogen and oxygen atoms in total. The van der Waals surface area contributed by atoms with E-state index in [9.17, 15) is 24.3 Å². The number of carboxylic acids is 1. The Balaban J connectivity index is 1.59. The number of carbonyl (C=O) groups excluding carboxylic acids is 4. The van der Waals surface area contributed by atoms with Crippen molar-refractivity contribution in [3.63, 3.8) is 0 Å². The maximum absolute atomic E-state index is 13.9. The Morgan fingerprint density at radius 2 is 1.61 bits per heavy atom. The number of benzene rings is 1. The molecular formula is C26H31N2O5-. The molecule has 4 fully saturated rings. The van der Waals surface area contributed by atoms with Crippen molar-refractivity contribution >= 4 is 29.3 Å². The van der Waals surface area contributed by atoms with Gasteiger partial charge in [-0.3, -0.25) is 14.4 Å². The Kier molecular flexibility index (Phi) is 5.33. The maximum atomic E-state index is 13.9. The van der Waals surface area contributed by atoms with E-state index in [1.54, 1.807) is 31.3 Å². The van der Waals surface area contributed by atoms with Gasteiger partial charge in [-0.15, -0.1) is 0 Å². The van der Waals surface area contributed by atoms with Gasteiger partial charge in [0.25, 0.3) is 0 Å². The summed E-state index contributed by atoms with van der Waals surface area (Å²) in [5.41, 5.74) is 0.682. The highest BCUT2D eigenvalue weighted by Gasteiger charge is 2.53. The summed E-state index contributed by atoms with van der Waals surface area (Å²) in [5.74, 6) is -0.792. The molecule has 4 bridgehead atoms. The number of likely N-dealkylation sites (N-methyl/N-ethyl adjacent to an activating group) is 1. The number of carbonyl (C=O) groups is 4. The second-order valence-electron chi connectivity index (χ2n) is 10.9. The number of amides is 2. The quantitative estimate of drug-likeness (QED) is 0.702. The SMILES string of the molecule is CC(=O)N1[C@H](CC23CC4CC(CC(C4)C2)C3)C(=O)N(C)c2ccccc2C(=O)C[C@H]1C(=O)[O-]. The highest BCUT2D eigenvalue weighted by Crippen LogP contribution is 2.62. The number of hydrogen-bond acceptors (Lipinski definition) is 5. The van der Waals surface area contributed by atoms with Crippen LogP contribution in [0.15, 0.2) is 24.3 Å². The Morgan fingerprint density at radius 3 is 2.15 bits per heavy atom. The molecule has 2 atom stereocenters. The average Bonchev–Trinajstić information content (AvgIpc) is 2.77. The van der Waals surface area contributed by atoms with Crippen molar-refractivity contribution in [3.8, 4) is 0 Å². The molecule has 0 radical (unpaired) electrons. The van der Waals surface area contributed by atoms with E-state index in [1.807, 2.05) is 0 Å². The first-order chi connectivity index (χ1) is 15.7. The monoisotopic (exact) mass is 451 g/mol. The van der Waals surface area contributed by atoms with Gasteiger partial charge in [0.1, 0.15) is 6.04 Å². The molecule has 0 spiro atoms. The summed E-state index contributed by atoms with van der Waals surface area (Å²) in [4.78, 5) is 54.7. The molecule has 4 saturated carbocycles. The van der Waals surface area contributed by atoms with Crippen molar-refractivity contribution in [3.05, 3.63) is 29.8 Å². The van der Waals surface area contributed by atoms with Crippen LogP contribution in [0.5, 0.6) is 0 Å². The molecule has 5 aliphatic rings. The van der Waals surface area contributed by atoms with Crippen LogP contribution in [0.3, 0.4) is 0 Å². The van der Waals surface area contributed by atoms with E-state index in [2.05, 4.69) is 0 Å². The molecule has 4 aliphatic carbocycles. The van der Waals surface area contributed by atoms with Crippen LogP contribution < -0.4 is 10.0 Å². The summed E-state index contributed by atoms with van der Waals surface area (Å²) in [6.07, 6.45) is 6.88. The second-order valence-corrected chi connectivity index (χ2v) is 10.9. The maximum Gasteiger partial charge on any atom is 0.249 e. The Hall–Kier alpha value is -2.70. The fourth-order valence-electron chi connectivity index (χ4n) is 7.84. The van der Waals surface area contributed by atoms with E-state index >= 15 is 0 Å². The van der Waals surface area contributed by atoms with Crippen LogP contribution in [0.4, 0.5) is 5.69 Å². The molecule has 0 saturated heterocycles. The van der Waals surface area contributed by atoms with Crippen molar-refractivity contribution in [2.45, 2.75) is 70.4 Å². The van der Waals surface area contributed by atoms with Gasteiger partial charge in [-0.25, -0.2) is 0 Å². The third kappa shape index (κ3) is 3.75. The normalized spacial score (nSPS) is 35.6. The van der Waals surface area contributed by atoms with E-state index in [1.165, 1.54) is 31.1 Å². The molecule has 176 valence electrons. The number of ketones is 1. The Labute approximate surface area is 194 Å². The van der Waals surface area contributed by atoms with Crippen LogP contribution in [-0.4, -0.2) is 47.6 Å². The van der Waals surface area contributed by atoms with Crippen molar-refractivity contribution in [2.75, 3.05) is 11.9 Å². The van der Waals surface area contributed by atoms with Gasteiger partial charge in [-0.05, 0) is 80.2 Å². The molecule has 33 heavy (non-hydrogen) atoms. The molecule has 0 N–H and O–H groups in total. The van der Waals surface area contributed by atoms with Crippen molar-refractivity contribution in [1.29, 1.82) is 0 Å². The van der Waals surface area contributed by atoms with Crippen molar-refractivity contribution in [2.24, 2.45) is 23.2 Å². The topological polar surface area (TPSA) is 97.8 Å². The number of fused-ring (bicyclic) bond motifs is 1. The molecule has 0 aromatic heterocycles. The number of Topliss-reactive ketones (excluding diaryl/α,β-unsaturated/α-hetero) is 1. The van der Waals surface area contributed by atoms with E-state index < -0.39 is 36.2 Å². The second kappa shape index (κ2) is 7.96. The van der Waals surface area contributed by atoms with Gasteiger partial charge in [-0.2, -0.15) is 0 Å². The molecular weight excluding hydrogens is 420 g/mol. The highest BCUT2D eigenvalue weighted by molar-refractivity contribution is 6.09. The number of anilines is 1. The van der Waals surface area contributed by atoms with E-state index in [0.29, 0.717) is 35.4 Å². The number of hydrogen-bond donors (Lipinski definition) is 0. The third-order valence-electron chi connectivity index (χ3n) is 8.66. The first-order valence-electron chi connectivity index (χ1n) is 12.1. The van der Waals surface area contributed by atoms with Gasteiger partial charge in [0.15, 0.2) is 5.78 Å². The first-order valence-corrected chi connectivity index (χ1v) is 12.1. The third-order valence-corrected chi connectivity index (χ3v) is 8.66. The van der Waals surface area contributed by atoms with Gasteiger partial charge in [0.05, 0.1) is 17.7 Å². The minimum Gasteiger partial charge on any atom is -0.548 e. The minimum absolute atomic E-state index is 0.0579. The fraction of sp³-hybridized carbons (Fsp3) is 0.615. The van der Waals surface area contributed by atoms with Gasteiger partial charge in [0, 0.05) is 26.0 Å². The van der Waals surface area contributed by atoms with Gasteiger partial charge < -0.3 is 19.7 Å². The van der Waals surface area contributed by atoms with Crippen LogP contribution in [0.2, 0.25) is 0 Å². The molecule has 2 amide bonds. The van der Waals surface area contributed by atoms with Crippen LogP contribution in [-0.2, 0) is 14.4 Å². The lowest BCUT2D eigenvalue weighted by Crippen LogP contribution is -2.60. The smallest absolute Gasteiger partial charge is 0.249 e. The summed E-state index contributed by atoms with van der Waals surface area (Å²) < 4.78 is 0. The molecule has 6 rings (SSSR count). The highest BCUT2D eigenvalue weighted by atomic mass is 16.4. The van der Waals surface area contributed by atoms with Crippen LogP contribution >= 0.6 is 0 Å². The summed E-state index contributed by atoms with van der Waals surface area (Å²) in [5, 5.41) is 12.2. The summed E-state index contributed by atoms with van der Waals surface area (Å²) >= 11 is 0. The molecule has 1 heterocycles. The zero-order valence-corrected chi connectivity index (χ0v) is 19.3. The lowest BCUT2D eigenvalue weighted by Gasteiger charge is -2.58. The number of carboxylic acid groups (broad SMARTS) is 1. The summed E-state index contributed by atoms with van der Waals surface area (Å²) in [6, 6.07) is 4.33. The minimum atomic E-state index is -1.50. The Morgan fingerprint density at radius 1 is 1.03 bits per heavy atom. The number of nitrogens with zero attached hydrogens (tertiary/aromatic N) is 2. The summed E-state index contributed by atoms with van der Waals surface area (Å²) in [6.45, 7) is 1.28. The number of para-hydroxylation sites is 1. The molecule has 1 aromatic carbocycles. The first kappa shape index (κ1) is 22.1. The van der Waals surface area contributed by atoms with E-state index in [0.717, 1.165) is 24.2 Å². The van der Waals surface area contributed by atoms with Gasteiger partial charge in [0.2, 0.25) is 11.8 Å². The van der Waals surface area contributed by atoms with Crippen LogP contribution in [0.25, 0.3) is 0 Å². The van der Waals surface area contributed by atoms with Gasteiger partial charge in [-0.1, -0.05) is 12.1 Å². The Bertz CT molecular complexity index is 982. The van der Waals surface area contributed by atoms with E-state index in [4.69, 9.17) is 0 Å². The fourth-order valence-corrected chi connectivity index (χ4v) is 7.84. The zero-order chi connectivity index (χ0) is 23.5. The molecule has 7 heteroatoms. The van der Waals surface area contributed by atoms with E-state index in [-0.39, 0.29) is 11.3 Å². The lowest BCUT2D eigenvalue weighted by molar-refractivity contribution is -0.311. The van der Waals surface area contributed by atoms with Crippen LogP contribution in [0.1, 0.15) is 68.6 Å². The largest absolute Gasteiger partial charge is 0.548 e. The number of rotatable bonds is 3. The molecule has 0 unspecified atom stereocenters. The molecule has 1 aliphatic heterocycles. The zero-order valence-electron chi connectivity index (χ0n) is 19.3. The lowest BCUT2D eigenvalue weighted by atomic mass is 9.48. The average molecular weight is 452 g/mol. The predicted molar refractivity (Wildman–Crippen MR) is 119 cm³/mol. The molecule has 1 aromatic rings. The standard InChI is InChI=1S/C26H32N2O5/c1-15(29)28-21(25(32)33)10-23(30)19-5-3-4-6-20(19)27(2)24(31)22(28)14-26-11-16-7-17(12-26)9-18(8-16)13-26/h3-6,16-18,21-22H,7-14H2,1-2H3,(H,32,33)/p-1/t16?,17?,18?,21-,22+,26?/m0/s1. The van der Waals surface area contributed by atoms with Crippen molar-refractivity contribution < 1.29 is 24.3 Å². The number of aliphatic carboxylic acids is 1. The van der Waals surface area contributed by atoms with Crippen molar-refractivity contribution in [1.82, 2.24) is 4.90 Å². The van der Waals surface area contributed by atoms with Gasteiger partial charge >= 0.3 is 0 Å². The summed E-state index contributed by atoms with van der Waals surface area (Å²) in [7, 11) is 1.61. The van der Waals surface area contributed by atoms with Crippen LogP contribution in [0, 0.1) is 23.2 Å².